The van der Waals surface area contributed by atoms with Gasteiger partial charge in [0.15, 0.2) is 0 Å². The summed E-state index contributed by atoms with van der Waals surface area (Å²) in [5.41, 5.74) is 0. The van der Waals surface area contributed by atoms with Crippen molar-refractivity contribution in [3.05, 3.63) is 0 Å². The van der Waals surface area contributed by atoms with Gasteiger partial charge in [-0.15, -0.1) is 0 Å². The molecule has 0 atom stereocenters. The SMILES string of the molecule is O=C(O)CN(CCN(CC(=O)O)CC(=O)O)CCN(CC(=O)O)CC(=O)O.[CaH2].[NaH].[NaH].[NaH]. The molecule has 0 spiro atoms. The van der Waals surface area contributed by atoms with Crippen LogP contribution in [-0.2, 0) is 24.0 Å². The molecule has 0 heterocycles. The summed E-state index contributed by atoms with van der Waals surface area (Å²) in [7, 11) is 0. The zero-order chi connectivity index (χ0) is 21.0. The van der Waals surface area contributed by atoms with Crippen LogP contribution in [0.5, 0.6) is 0 Å². The molecule has 31 heavy (non-hydrogen) atoms. The van der Waals surface area contributed by atoms with E-state index in [4.69, 9.17) is 25.5 Å². The Morgan fingerprint density at radius 1 is 0.419 bits per heavy atom. The summed E-state index contributed by atoms with van der Waals surface area (Å²) in [6.45, 7) is -2.74. The first-order chi connectivity index (χ1) is 12.5. The van der Waals surface area contributed by atoms with Crippen molar-refractivity contribution in [2.75, 3.05) is 58.9 Å². The molecule has 0 aliphatic carbocycles. The molecule has 0 aliphatic heterocycles. The number of hydrogen-bond acceptors (Lipinski definition) is 8. The van der Waals surface area contributed by atoms with Crippen LogP contribution >= 0.6 is 0 Å². The van der Waals surface area contributed by atoms with Crippen LogP contribution in [0.25, 0.3) is 0 Å². The number of hydrogen-bond donors (Lipinski definition) is 5. The van der Waals surface area contributed by atoms with Gasteiger partial charge in [0.25, 0.3) is 0 Å². The van der Waals surface area contributed by atoms with Gasteiger partial charge in [-0.3, -0.25) is 38.7 Å². The molecule has 0 saturated heterocycles. The van der Waals surface area contributed by atoms with Crippen molar-refractivity contribution in [1.29, 1.82) is 0 Å². The van der Waals surface area contributed by atoms with Crippen molar-refractivity contribution in [1.82, 2.24) is 14.7 Å². The molecular formula is C14H28CaN3Na3O10. The van der Waals surface area contributed by atoms with Gasteiger partial charge in [-0.1, -0.05) is 0 Å². The van der Waals surface area contributed by atoms with Crippen molar-refractivity contribution >= 4 is 156 Å². The molecule has 5 N–H and O–H groups in total. The van der Waals surface area contributed by atoms with E-state index in [0.717, 1.165) is 9.80 Å². The zero-order valence-electron chi connectivity index (χ0n) is 14.5. The van der Waals surface area contributed by atoms with Crippen molar-refractivity contribution < 1.29 is 49.5 Å². The van der Waals surface area contributed by atoms with Crippen LogP contribution < -0.4 is 0 Å². The summed E-state index contributed by atoms with van der Waals surface area (Å²) in [6.07, 6.45) is 0. The predicted molar refractivity (Wildman–Crippen MR) is 117 cm³/mol. The molecule has 13 nitrogen and oxygen atoms in total. The quantitative estimate of drug-likeness (QED) is 0.124. The zero-order valence-corrected chi connectivity index (χ0v) is 14.5. The molecule has 0 radical (unpaired) electrons. The summed E-state index contributed by atoms with van der Waals surface area (Å²) >= 11 is 0. The average Bonchev–Trinajstić information content (AvgIpc) is 2.46. The summed E-state index contributed by atoms with van der Waals surface area (Å²) in [5, 5.41) is 44.1. The Kier molecular flexibility index (Phi) is 33.8. The molecule has 0 unspecified atom stereocenters. The number of nitrogens with zero attached hydrogens (tertiary/aromatic N) is 3. The van der Waals surface area contributed by atoms with Gasteiger partial charge in [0.05, 0.1) is 32.7 Å². The van der Waals surface area contributed by atoms with Crippen LogP contribution in [0, 0.1) is 0 Å². The van der Waals surface area contributed by atoms with Gasteiger partial charge < -0.3 is 25.5 Å². The second-order valence-electron chi connectivity index (χ2n) is 5.67. The average molecular weight is 507 g/mol. The van der Waals surface area contributed by atoms with Gasteiger partial charge in [-0.05, 0) is 0 Å². The van der Waals surface area contributed by atoms with E-state index in [9.17, 15) is 24.0 Å². The maximum absolute atomic E-state index is 11.0. The van der Waals surface area contributed by atoms with Gasteiger partial charge in [-0.2, -0.15) is 0 Å². The Morgan fingerprint density at radius 3 is 0.774 bits per heavy atom. The molecule has 0 aromatic carbocycles. The van der Waals surface area contributed by atoms with Crippen LogP contribution in [0.1, 0.15) is 0 Å². The molecule has 0 amide bonds. The van der Waals surface area contributed by atoms with E-state index in [1.54, 1.807) is 0 Å². The van der Waals surface area contributed by atoms with Crippen molar-refractivity contribution in [3.8, 4) is 0 Å². The fourth-order valence-corrected chi connectivity index (χ4v) is 2.22. The molecule has 164 valence electrons. The molecule has 0 bridgehead atoms. The molecule has 0 rings (SSSR count). The van der Waals surface area contributed by atoms with Gasteiger partial charge in [-0.25, -0.2) is 0 Å². The first-order valence-corrected chi connectivity index (χ1v) is 7.75. The van der Waals surface area contributed by atoms with Gasteiger partial charge in [0.2, 0.25) is 0 Å². The van der Waals surface area contributed by atoms with Gasteiger partial charge in [0.1, 0.15) is 0 Å². The molecular weight excluding hydrogens is 479 g/mol. The van der Waals surface area contributed by atoms with E-state index < -0.39 is 62.6 Å². The minimum atomic E-state index is -1.24. The third-order valence-electron chi connectivity index (χ3n) is 3.26. The fourth-order valence-electron chi connectivity index (χ4n) is 2.22. The van der Waals surface area contributed by atoms with E-state index in [0.29, 0.717) is 0 Å². The molecule has 0 fully saturated rings. The van der Waals surface area contributed by atoms with Crippen molar-refractivity contribution in [2.45, 2.75) is 0 Å². The topological polar surface area (TPSA) is 196 Å². The van der Waals surface area contributed by atoms with Crippen molar-refractivity contribution in [3.63, 3.8) is 0 Å². The van der Waals surface area contributed by atoms with Gasteiger partial charge in [0, 0.05) is 26.2 Å². The van der Waals surface area contributed by atoms with E-state index in [1.165, 1.54) is 4.90 Å². The standard InChI is InChI=1S/C14H23N3O10.Ca.3Na.5H/c18-10(19)5-15(1-3-16(6-11(20)21)7-12(22)23)2-4-17(8-13(24)25)9-14(26)27;;;;;;;;;/h1-9H2,(H,18,19)(H,20,21)(H,22,23)(H,24,25)(H,26,27);;;;;;;;;. The first-order valence-electron chi connectivity index (χ1n) is 7.75. The normalized spacial score (nSPS) is 9.65. The Morgan fingerprint density at radius 2 is 0.581 bits per heavy atom. The van der Waals surface area contributed by atoms with Gasteiger partial charge >= 0.3 is 156 Å². The predicted octanol–water partition coefficient (Wildman–Crippen LogP) is -5.55. The summed E-state index contributed by atoms with van der Waals surface area (Å²) < 4.78 is 0. The molecule has 0 saturated carbocycles. The number of aliphatic carboxylic acids is 5. The number of carboxylic acids is 5. The van der Waals surface area contributed by atoms with Crippen LogP contribution in [0.3, 0.4) is 0 Å². The Bertz CT molecular complexity index is 502. The number of rotatable bonds is 16. The monoisotopic (exact) mass is 507 g/mol. The Labute approximate surface area is 275 Å². The second kappa shape index (κ2) is 24.6. The Hall–Kier alpha value is 1.49. The maximum atomic E-state index is 11.0. The van der Waals surface area contributed by atoms with Crippen LogP contribution in [0.2, 0.25) is 0 Å². The molecule has 17 heteroatoms. The minimum absolute atomic E-state index is 0. The molecule has 0 aromatic heterocycles. The Balaban J connectivity index is -0.000000563. The van der Waals surface area contributed by atoms with E-state index in [1.807, 2.05) is 0 Å². The van der Waals surface area contributed by atoms with E-state index >= 15 is 0 Å². The second-order valence-corrected chi connectivity index (χ2v) is 5.67. The first kappa shape index (κ1) is 42.6. The summed E-state index contributed by atoms with van der Waals surface area (Å²) in [4.78, 5) is 57.6. The third kappa shape index (κ3) is 27.6. The number of carbonyl (C=O) groups is 5. The third-order valence-corrected chi connectivity index (χ3v) is 3.26. The number of carboxylic acid groups (broad SMARTS) is 5. The summed E-state index contributed by atoms with van der Waals surface area (Å²) in [6, 6.07) is 0. The fraction of sp³-hybridized carbons (Fsp3) is 0.643. The molecule has 0 aliphatic rings. The van der Waals surface area contributed by atoms with Crippen LogP contribution in [0.15, 0.2) is 0 Å². The summed E-state index contributed by atoms with van der Waals surface area (Å²) in [5.74, 6) is -6.16. The van der Waals surface area contributed by atoms with Crippen LogP contribution in [-0.4, -0.2) is 255 Å². The van der Waals surface area contributed by atoms with E-state index in [2.05, 4.69) is 0 Å². The van der Waals surface area contributed by atoms with Crippen LogP contribution in [0.4, 0.5) is 0 Å². The molecule has 0 aromatic rings. The van der Waals surface area contributed by atoms with Crippen molar-refractivity contribution in [2.24, 2.45) is 0 Å². The van der Waals surface area contributed by atoms with E-state index in [-0.39, 0.29) is 153 Å².